The maximum atomic E-state index is 5.22. The van der Waals surface area contributed by atoms with Crippen LogP contribution in [0.5, 0.6) is 0 Å². The molecule has 0 saturated carbocycles. The smallest absolute Gasteiger partial charge is 0.0979 e. The van der Waals surface area contributed by atoms with Gasteiger partial charge in [-0.3, -0.25) is 4.98 Å². The molecule has 0 aliphatic heterocycles. The number of nitrogens with zero attached hydrogens (tertiary/aromatic N) is 3. The van der Waals surface area contributed by atoms with Gasteiger partial charge in [0.15, 0.2) is 0 Å². The molecular weight excluding hydrogens is 703 g/mol. The summed E-state index contributed by atoms with van der Waals surface area (Å²) in [5.41, 5.74) is 17.5. The molecule has 1 aliphatic rings. The molecule has 9 aromatic carbocycles. The largest absolute Gasteiger partial charge is 0.309 e. The number of hydrogen-bond acceptors (Lipinski definition) is 2. The molecule has 3 heteroatoms. The van der Waals surface area contributed by atoms with E-state index in [-0.39, 0.29) is 5.41 Å². The Morgan fingerprint density at radius 2 is 0.897 bits per heavy atom. The van der Waals surface area contributed by atoms with Gasteiger partial charge in [-0.15, -0.1) is 0 Å². The molecule has 12 rings (SSSR count). The van der Waals surface area contributed by atoms with Crippen molar-refractivity contribution in [3.05, 3.63) is 199 Å². The van der Waals surface area contributed by atoms with E-state index in [9.17, 15) is 0 Å². The maximum Gasteiger partial charge on any atom is 0.0979 e. The van der Waals surface area contributed by atoms with E-state index in [1.165, 1.54) is 82.8 Å². The molecule has 0 saturated heterocycles. The summed E-state index contributed by atoms with van der Waals surface area (Å²) >= 11 is 0. The first kappa shape index (κ1) is 32.8. The highest BCUT2D eigenvalue weighted by molar-refractivity contribution is 6.23. The van der Waals surface area contributed by atoms with Crippen LogP contribution in [0, 0.1) is 0 Å². The van der Waals surface area contributed by atoms with Crippen LogP contribution < -0.4 is 0 Å². The van der Waals surface area contributed by atoms with Crippen LogP contribution in [0.15, 0.2) is 188 Å². The Labute approximate surface area is 336 Å². The second-order valence-corrected chi connectivity index (χ2v) is 16.2. The Bertz CT molecular complexity index is 3430. The van der Waals surface area contributed by atoms with Crippen LogP contribution in [0.1, 0.15) is 25.0 Å². The highest BCUT2D eigenvalue weighted by Gasteiger charge is 2.36. The van der Waals surface area contributed by atoms with Gasteiger partial charge in [0, 0.05) is 38.2 Å². The zero-order chi connectivity index (χ0) is 38.5. The molecule has 0 spiro atoms. The fourth-order valence-corrected chi connectivity index (χ4v) is 9.70. The number of para-hydroxylation sites is 2. The van der Waals surface area contributed by atoms with Gasteiger partial charge in [-0.2, -0.15) is 0 Å². The molecular formula is C55H37N3. The van der Waals surface area contributed by atoms with Gasteiger partial charge < -0.3 is 4.57 Å². The van der Waals surface area contributed by atoms with E-state index in [2.05, 4.69) is 200 Å². The first-order chi connectivity index (χ1) is 28.5. The quantitative estimate of drug-likeness (QED) is 0.168. The molecule has 0 unspecified atom stereocenters. The van der Waals surface area contributed by atoms with Crippen LogP contribution in [0.4, 0.5) is 0 Å². The third-order valence-electron chi connectivity index (χ3n) is 12.6. The number of benzene rings is 9. The van der Waals surface area contributed by atoms with Crippen LogP contribution in [-0.2, 0) is 5.41 Å². The molecule has 2 heterocycles. The molecule has 0 atom stereocenters. The summed E-state index contributed by atoms with van der Waals surface area (Å²) < 4.78 is 2.38. The Hall–Kier alpha value is -7.36. The number of rotatable bonds is 4. The average Bonchev–Trinajstić information content (AvgIpc) is 3.74. The minimum atomic E-state index is -0.155. The van der Waals surface area contributed by atoms with E-state index in [4.69, 9.17) is 9.97 Å². The van der Waals surface area contributed by atoms with Gasteiger partial charge in [0.25, 0.3) is 0 Å². The zero-order valence-electron chi connectivity index (χ0n) is 32.2. The fraction of sp³-hybridized carbons (Fsp3) is 0.0545. The minimum absolute atomic E-state index is 0.155. The Morgan fingerprint density at radius 1 is 0.397 bits per heavy atom. The summed E-state index contributed by atoms with van der Waals surface area (Å²) in [4.78, 5) is 10.2. The lowest BCUT2D eigenvalue weighted by molar-refractivity contribution is 0.661. The summed E-state index contributed by atoms with van der Waals surface area (Å²) in [7, 11) is 0. The average molecular weight is 740 g/mol. The SMILES string of the molecule is CC1(C)c2cc(-c3ccc(-c4cnc5c6ccccc6c6ccccc6c5n4)cc3)ccc2-c2ccc(-c3ccc4c(c3)c3ccccc3n4-c3ccccc3)cc21. The molecule has 272 valence electrons. The molecule has 0 N–H and O–H groups in total. The van der Waals surface area contributed by atoms with Crippen molar-refractivity contribution < 1.29 is 0 Å². The molecule has 0 bridgehead atoms. The predicted molar refractivity (Wildman–Crippen MR) is 243 cm³/mol. The van der Waals surface area contributed by atoms with Crippen LogP contribution in [0.25, 0.3) is 105 Å². The predicted octanol–water partition coefficient (Wildman–Crippen LogP) is 14.3. The molecule has 0 fully saturated rings. The van der Waals surface area contributed by atoms with E-state index >= 15 is 0 Å². The fourth-order valence-electron chi connectivity index (χ4n) is 9.70. The van der Waals surface area contributed by atoms with E-state index in [1.54, 1.807) is 0 Å². The molecule has 1 aliphatic carbocycles. The van der Waals surface area contributed by atoms with Gasteiger partial charge in [0.1, 0.15) is 0 Å². The number of aromatic nitrogens is 3. The van der Waals surface area contributed by atoms with Crippen LogP contribution >= 0.6 is 0 Å². The second kappa shape index (κ2) is 12.3. The lowest BCUT2D eigenvalue weighted by atomic mass is 9.81. The molecule has 11 aromatic rings. The van der Waals surface area contributed by atoms with Crippen LogP contribution in [0.3, 0.4) is 0 Å². The molecule has 0 amide bonds. The third kappa shape index (κ3) is 4.80. The molecule has 58 heavy (non-hydrogen) atoms. The van der Waals surface area contributed by atoms with Gasteiger partial charge in [-0.25, -0.2) is 4.98 Å². The van der Waals surface area contributed by atoms with Crippen molar-refractivity contribution in [2.75, 3.05) is 0 Å². The first-order valence-corrected chi connectivity index (χ1v) is 20.1. The van der Waals surface area contributed by atoms with Crippen LogP contribution in [-0.4, -0.2) is 14.5 Å². The summed E-state index contributed by atoms with van der Waals surface area (Å²) in [5.74, 6) is 0. The minimum Gasteiger partial charge on any atom is -0.309 e. The Morgan fingerprint density at radius 3 is 1.59 bits per heavy atom. The van der Waals surface area contributed by atoms with Gasteiger partial charge in [0.05, 0.1) is 34.0 Å². The van der Waals surface area contributed by atoms with Crippen LogP contribution in [0.2, 0.25) is 0 Å². The summed E-state index contributed by atoms with van der Waals surface area (Å²) in [6.45, 7) is 4.74. The zero-order valence-corrected chi connectivity index (χ0v) is 32.2. The standard InChI is InChI=1S/C55H37N3/c1-55(2)48-31-37(34-20-22-35(23-21-34)50-33-56-53-45-17-8-6-14-40(45)41-15-7-9-18-46(41)54(53)57-50)24-27-42(48)43-28-25-38(32-49(43)55)36-26-29-52-47(30-36)44-16-10-11-19-51(44)58(52)39-12-4-3-5-13-39/h3-33H,1-2H3. The second-order valence-electron chi connectivity index (χ2n) is 16.2. The lowest BCUT2D eigenvalue weighted by Gasteiger charge is -2.22. The van der Waals surface area contributed by atoms with Gasteiger partial charge in [-0.05, 0) is 97.7 Å². The van der Waals surface area contributed by atoms with Crippen molar-refractivity contribution in [2.45, 2.75) is 19.3 Å². The Kier molecular flexibility index (Phi) is 6.98. The first-order valence-electron chi connectivity index (χ1n) is 20.1. The van der Waals surface area contributed by atoms with Gasteiger partial charge in [-0.1, -0.05) is 153 Å². The van der Waals surface area contributed by atoms with E-state index in [0.29, 0.717) is 0 Å². The van der Waals surface area contributed by atoms with E-state index in [0.717, 1.165) is 33.1 Å². The molecule has 2 aromatic heterocycles. The van der Waals surface area contributed by atoms with E-state index in [1.807, 2.05) is 6.20 Å². The molecule has 0 radical (unpaired) electrons. The highest BCUT2D eigenvalue weighted by Crippen LogP contribution is 2.51. The summed E-state index contributed by atoms with van der Waals surface area (Å²) in [6.07, 6.45) is 1.92. The highest BCUT2D eigenvalue weighted by atomic mass is 15.0. The van der Waals surface area contributed by atoms with Gasteiger partial charge in [0.2, 0.25) is 0 Å². The van der Waals surface area contributed by atoms with E-state index < -0.39 is 0 Å². The van der Waals surface area contributed by atoms with Crippen molar-refractivity contribution in [3.63, 3.8) is 0 Å². The van der Waals surface area contributed by atoms with Crippen molar-refractivity contribution in [3.8, 4) is 50.3 Å². The number of fused-ring (bicyclic) bond motifs is 12. The Balaban J connectivity index is 0.882. The third-order valence-corrected chi connectivity index (χ3v) is 12.6. The monoisotopic (exact) mass is 739 g/mol. The summed E-state index contributed by atoms with van der Waals surface area (Å²) in [6, 6.07) is 66.3. The number of hydrogen-bond donors (Lipinski definition) is 0. The van der Waals surface area contributed by atoms with Gasteiger partial charge >= 0.3 is 0 Å². The lowest BCUT2D eigenvalue weighted by Crippen LogP contribution is -2.15. The van der Waals surface area contributed by atoms with Crippen molar-refractivity contribution in [1.82, 2.24) is 14.5 Å². The van der Waals surface area contributed by atoms with Crippen molar-refractivity contribution in [1.29, 1.82) is 0 Å². The van der Waals surface area contributed by atoms with Crippen molar-refractivity contribution >= 4 is 54.4 Å². The normalized spacial score (nSPS) is 13.1. The van der Waals surface area contributed by atoms with Crippen molar-refractivity contribution in [2.24, 2.45) is 0 Å². The molecule has 3 nitrogen and oxygen atoms in total. The maximum absolute atomic E-state index is 5.22. The summed E-state index contributed by atoms with van der Waals surface area (Å²) in [5, 5.41) is 7.21. The topological polar surface area (TPSA) is 30.7 Å².